The first-order valence-electron chi connectivity index (χ1n) is 10.6. The van der Waals surface area contributed by atoms with E-state index in [9.17, 15) is 18.0 Å². The van der Waals surface area contributed by atoms with E-state index in [1.165, 1.54) is 11.0 Å². The molecule has 4 aromatic rings. The average molecular weight is 480 g/mol. The van der Waals surface area contributed by atoms with Crippen LogP contribution in [0.5, 0.6) is 17.2 Å². The van der Waals surface area contributed by atoms with E-state index in [4.69, 9.17) is 9.47 Å². The van der Waals surface area contributed by atoms with Crippen molar-refractivity contribution in [1.29, 1.82) is 0 Å². The SMILES string of the molecule is Cn1cc(-c2cc(Oc3ccc4c(c3)C(=O)N(Cc3cccc(C(F)(F)F)c3)CO4)ccn2)cn1. The molecular weight excluding hydrogens is 461 g/mol. The lowest BCUT2D eigenvalue weighted by atomic mass is 10.1. The molecule has 0 saturated carbocycles. The number of pyridine rings is 1. The highest BCUT2D eigenvalue weighted by atomic mass is 19.4. The minimum atomic E-state index is -4.46. The van der Waals surface area contributed by atoms with Crippen LogP contribution in [0.25, 0.3) is 11.3 Å². The highest BCUT2D eigenvalue weighted by Gasteiger charge is 2.31. The molecule has 0 saturated heterocycles. The Kier molecular flexibility index (Phi) is 5.64. The number of halogens is 3. The Morgan fingerprint density at radius 3 is 2.69 bits per heavy atom. The summed E-state index contributed by atoms with van der Waals surface area (Å²) in [5, 5.41) is 4.14. The van der Waals surface area contributed by atoms with Crippen LogP contribution in [0.15, 0.2) is 73.2 Å². The van der Waals surface area contributed by atoms with E-state index in [-0.39, 0.29) is 24.7 Å². The molecular formula is C25H19F3N4O3. The van der Waals surface area contributed by atoms with Gasteiger partial charge in [0.1, 0.15) is 17.2 Å². The summed E-state index contributed by atoms with van der Waals surface area (Å²) in [6.45, 7) is -0.0901. The van der Waals surface area contributed by atoms with Crippen molar-refractivity contribution in [3.63, 3.8) is 0 Å². The van der Waals surface area contributed by atoms with Gasteiger partial charge in [0, 0.05) is 37.6 Å². The van der Waals surface area contributed by atoms with E-state index >= 15 is 0 Å². The molecule has 1 amide bonds. The molecule has 0 radical (unpaired) electrons. The summed E-state index contributed by atoms with van der Waals surface area (Å²) in [5.41, 5.74) is 1.37. The largest absolute Gasteiger partial charge is 0.472 e. The van der Waals surface area contributed by atoms with Gasteiger partial charge in [-0.15, -0.1) is 0 Å². The number of nitrogens with zero attached hydrogens (tertiary/aromatic N) is 4. The van der Waals surface area contributed by atoms with Gasteiger partial charge in [0.05, 0.1) is 23.0 Å². The monoisotopic (exact) mass is 480 g/mol. The van der Waals surface area contributed by atoms with Gasteiger partial charge in [-0.05, 0) is 42.0 Å². The third kappa shape index (κ3) is 4.81. The maximum atomic E-state index is 13.1. The molecule has 2 aromatic carbocycles. The lowest BCUT2D eigenvalue weighted by Crippen LogP contribution is -2.38. The highest BCUT2D eigenvalue weighted by Crippen LogP contribution is 2.33. The van der Waals surface area contributed by atoms with Gasteiger partial charge in [0.15, 0.2) is 6.73 Å². The minimum Gasteiger partial charge on any atom is -0.472 e. The van der Waals surface area contributed by atoms with Crippen LogP contribution in [0, 0.1) is 0 Å². The molecule has 2 aromatic heterocycles. The summed E-state index contributed by atoms with van der Waals surface area (Å²) >= 11 is 0. The molecule has 0 fully saturated rings. The second kappa shape index (κ2) is 8.79. The van der Waals surface area contributed by atoms with Crippen molar-refractivity contribution in [1.82, 2.24) is 19.7 Å². The molecule has 1 aliphatic heterocycles. The number of benzene rings is 2. The number of ether oxygens (including phenoxy) is 2. The molecule has 0 spiro atoms. The average Bonchev–Trinajstić information content (AvgIpc) is 3.27. The summed E-state index contributed by atoms with van der Waals surface area (Å²) in [6.07, 6.45) is 0.683. The summed E-state index contributed by atoms with van der Waals surface area (Å²) in [5.74, 6) is 0.946. The number of hydrogen-bond acceptors (Lipinski definition) is 5. The number of aryl methyl sites for hydroxylation is 1. The highest BCUT2D eigenvalue weighted by molar-refractivity contribution is 5.98. The molecule has 5 rings (SSSR count). The second-order valence-electron chi connectivity index (χ2n) is 8.01. The lowest BCUT2D eigenvalue weighted by Gasteiger charge is -2.29. The van der Waals surface area contributed by atoms with Crippen LogP contribution in [0.3, 0.4) is 0 Å². The van der Waals surface area contributed by atoms with Crippen LogP contribution in [-0.2, 0) is 19.8 Å². The molecule has 178 valence electrons. The standard InChI is InChI=1S/C25H19F3N4O3/c1-31-14-17(12-30-31)22-11-20(7-8-29-22)35-19-5-6-23-21(10-19)24(33)32(15-34-23)13-16-3-2-4-18(9-16)25(26,27)28/h2-12,14H,13,15H2,1H3. The minimum absolute atomic E-state index is 0.0217. The van der Waals surface area contributed by atoms with Crippen molar-refractivity contribution in [2.24, 2.45) is 7.05 Å². The summed E-state index contributed by atoms with van der Waals surface area (Å²) in [6, 6.07) is 13.2. The van der Waals surface area contributed by atoms with Crippen molar-refractivity contribution >= 4 is 5.91 Å². The molecule has 0 N–H and O–H groups in total. The van der Waals surface area contributed by atoms with E-state index in [0.29, 0.717) is 28.5 Å². The number of amides is 1. The van der Waals surface area contributed by atoms with Crippen molar-refractivity contribution in [3.8, 4) is 28.5 Å². The van der Waals surface area contributed by atoms with Crippen LogP contribution < -0.4 is 9.47 Å². The Morgan fingerprint density at radius 1 is 1.09 bits per heavy atom. The normalized spacial score (nSPS) is 13.4. The molecule has 1 aliphatic rings. The first-order valence-corrected chi connectivity index (χ1v) is 10.6. The first-order chi connectivity index (χ1) is 16.8. The van der Waals surface area contributed by atoms with Gasteiger partial charge in [-0.1, -0.05) is 12.1 Å². The van der Waals surface area contributed by atoms with Gasteiger partial charge in [0.2, 0.25) is 0 Å². The molecule has 35 heavy (non-hydrogen) atoms. The third-order valence-corrected chi connectivity index (χ3v) is 5.44. The van der Waals surface area contributed by atoms with E-state index in [1.807, 2.05) is 13.2 Å². The molecule has 0 unspecified atom stereocenters. The molecule has 10 heteroatoms. The van der Waals surface area contributed by atoms with Gasteiger partial charge in [-0.3, -0.25) is 14.5 Å². The first kappa shape index (κ1) is 22.5. The number of carbonyl (C=O) groups is 1. The number of alkyl halides is 3. The van der Waals surface area contributed by atoms with E-state index < -0.39 is 11.7 Å². The molecule has 7 nitrogen and oxygen atoms in total. The van der Waals surface area contributed by atoms with Gasteiger partial charge in [-0.25, -0.2) is 0 Å². The van der Waals surface area contributed by atoms with Crippen LogP contribution >= 0.6 is 0 Å². The Morgan fingerprint density at radius 2 is 1.91 bits per heavy atom. The van der Waals surface area contributed by atoms with E-state index in [1.54, 1.807) is 53.5 Å². The number of fused-ring (bicyclic) bond motifs is 1. The maximum Gasteiger partial charge on any atom is 0.416 e. The predicted octanol–water partition coefficient (Wildman–Crippen LogP) is 5.29. The second-order valence-corrected chi connectivity index (χ2v) is 8.01. The van der Waals surface area contributed by atoms with Gasteiger partial charge in [-0.2, -0.15) is 18.3 Å². The van der Waals surface area contributed by atoms with Crippen molar-refractivity contribution in [3.05, 3.63) is 89.9 Å². The van der Waals surface area contributed by atoms with Crippen LogP contribution in [0.2, 0.25) is 0 Å². The number of hydrogen-bond donors (Lipinski definition) is 0. The van der Waals surface area contributed by atoms with Crippen LogP contribution in [0.4, 0.5) is 13.2 Å². The predicted molar refractivity (Wildman–Crippen MR) is 120 cm³/mol. The zero-order valence-electron chi connectivity index (χ0n) is 18.5. The lowest BCUT2D eigenvalue weighted by molar-refractivity contribution is -0.137. The summed E-state index contributed by atoms with van der Waals surface area (Å²) in [4.78, 5) is 18.8. The smallest absolute Gasteiger partial charge is 0.416 e. The van der Waals surface area contributed by atoms with Crippen molar-refractivity contribution in [2.45, 2.75) is 12.7 Å². The molecule has 3 heterocycles. The Bertz CT molecular complexity index is 1400. The topological polar surface area (TPSA) is 69.5 Å². The Hall–Kier alpha value is -4.34. The zero-order valence-corrected chi connectivity index (χ0v) is 18.5. The maximum absolute atomic E-state index is 13.1. The van der Waals surface area contributed by atoms with E-state index in [2.05, 4.69) is 10.1 Å². The Labute approximate surface area is 198 Å². The zero-order chi connectivity index (χ0) is 24.6. The van der Waals surface area contributed by atoms with Gasteiger partial charge < -0.3 is 14.4 Å². The third-order valence-electron chi connectivity index (χ3n) is 5.44. The van der Waals surface area contributed by atoms with Crippen LogP contribution in [0.1, 0.15) is 21.5 Å². The summed E-state index contributed by atoms with van der Waals surface area (Å²) in [7, 11) is 1.81. The summed E-state index contributed by atoms with van der Waals surface area (Å²) < 4.78 is 52.4. The molecule has 0 atom stereocenters. The van der Waals surface area contributed by atoms with Crippen LogP contribution in [-0.4, -0.2) is 32.3 Å². The van der Waals surface area contributed by atoms with Crippen molar-refractivity contribution < 1.29 is 27.4 Å². The molecule has 0 aliphatic carbocycles. The van der Waals surface area contributed by atoms with E-state index in [0.717, 1.165) is 17.7 Å². The van der Waals surface area contributed by atoms with Gasteiger partial charge >= 0.3 is 6.18 Å². The fourth-order valence-corrected chi connectivity index (χ4v) is 3.75. The van der Waals surface area contributed by atoms with Gasteiger partial charge in [0.25, 0.3) is 5.91 Å². The number of carbonyl (C=O) groups excluding carboxylic acids is 1. The Balaban J connectivity index is 1.34. The molecule has 0 bridgehead atoms. The number of rotatable bonds is 5. The van der Waals surface area contributed by atoms with Crippen molar-refractivity contribution in [2.75, 3.05) is 6.73 Å². The fraction of sp³-hybridized carbons (Fsp3) is 0.160. The number of aromatic nitrogens is 3. The quantitative estimate of drug-likeness (QED) is 0.389. The fourth-order valence-electron chi connectivity index (χ4n) is 3.75.